The van der Waals surface area contributed by atoms with Gasteiger partial charge >= 0.3 is 0 Å². The number of benzene rings is 4. The van der Waals surface area contributed by atoms with Crippen LogP contribution < -0.4 is 10.1 Å². The van der Waals surface area contributed by atoms with Gasteiger partial charge in [0.25, 0.3) is 5.69 Å². The van der Waals surface area contributed by atoms with Crippen molar-refractivity contribution < 1.29 is 9.66 Å². The Kier molecular flexibility index (Phi) is 7.22. The summed E-state index contributed by atoms with van der Waals surface area (Å²) in [6.07, 6.45) is 7.62. The van der Waals surface area contributed by atoms with Gasteiger partial charge in [-0.2, -0.15) is 0 Å². The van der Waals surface area contributed by atoms with E-state index in [1.165, 1.54) is 34.5 Å². The summed E-state index contributed by atoms with van der Waals surface area (Å²) < 4.78 is 6.71. The smallest absolute Gasteiger partial charge is 0.269 e. The summed E-state index contributed by atoms with van der Waals surface area (Å²) >= 11 is 3.58. The summed E-state index contributed by atoms with van der Waals surface area (Å²) in [5.41, 5.74) is 7.98. The van der Waals surface area contributed by atoms with E-state index in [4.69, 9.17) is 4.74 Å². The van der Waals surface area contributed by atoms with E-state index in [1.54, 1.807) is 12.1 Å². The van der Waals surface area contributed by atoms with E-state index in [2.05, 4.69) is 87.8 Å². The molecule has 0 spiro atoms. The second-order valence-corrected chi connectivity index (χ2v) is 11.2. The van der Waals surface area contributed by atoms with Crippen molar-refractivity contribution in [3.8, 4) is 5.75 Å². The zero-order chi connectivity index (χ0) is 27.6. The summed E-state index contributed by atoms with van der Waals surface area (Å²) in [6.45, 7) is 2.47. The van der Waals surface area contributed by atoms with E-state index >= 15 is 0 Å². The number of nitrogens with one attached hydrogen (secondary N) is 1. The number of anilines is 1. The van der Waals surface area contributed by atoms with Crippen molar-refractivity contribution in [1.29, 1.82) is 0 Å². The lowest BCUT2D eigenvalue weighted by Crippen LogP contribution is -2.29. The third kappa shape index (κ3) is 5.42. The number of rotatable bonds is 7. The molecule has 0 amide bonds. The van der Waals surface area contributed by atoms with E-state index < -0.39 is 4.92 Å². The van der Waals surface area contributed by atoms with Crippen molar-refractivity contribution >= 4 is 39.2 Å². The predicted molar refractivity (Wildman–Crippen MR) is 163 cm³/mol. The van der Waals surface area contributed by atoms with Gasteiger partial charge in [0.15, 0.2) is 0 Å². The summed E-state index contributed by atoms with van der Waals surface area (Å²) in [6, 6.07) is 27.7. The second kappa shape index (κ2) is 11.1. The van der Waals surface area contributed by atoms with Gasteiger partial charge in [-0.1, -0.05) is 42.0 Å². The Bertz CT molecular complexity index is 1610. The number of non-ortho nitro benzene ring substituents is 1. The van der Waals surface area contributed by atoms with Crippen LogP contribution in [0.5, 0.6) is 5.75 Å². The van der Waals surface area contributed by atoms with Crippen molar-refractivity contribution in [2.75, 3.05) is 5.32 Å². The van der Waals surface area contributed by atoms with E-state index in [0.717, 1.165) is 27.7 Å². The number of fused-ring (bicyclic) bond motifs is 3. The highest BCUT2D eigenvalue weighted by Crippen LogP contribution is 2.50. The molecular weight excluding hydrogens is 566 g/mol. The summed E-state index contributed by atoms with van der Waals surface area (Å²) in [7, 11) is 0. The molecule has 0 unspecified atom stereocenters. The Morgan fingerprint density at radius 1 is 1.05 bits per heavy atom. The number of hydrogen-bond donors (Lipinski definition) is 1. The maximum Gasteiger partial charge on any atom is 0.269 e. The Hall–Kier alpha value is -4.23. The second-order valence-electron chi connectivity index (χ2n) is 10.3. The molecule has 200 valence electrons. The molecule has 40 heavy (non-hydrogen) atoms. The zero-order valence-corrected chi connectivity index (χ0v) is 23.5. The minimum absolute atomic E-state index is 0.0643. The molecule has 0 aromatic heterocycles. The molecule has 6 nitrogen and oxygen atoms in total. The molecule has 6 rings (SSSR count). The quantitative estimate of drug-likeness (QED) is 0.100. The van der Waals surface area contributed by atoms with Crippen LogP contribution >= 0.6 is 15.9 Å². The highest BCUT2D eigenvalue weighted by Gasteiger charge is 2.37. The fraction of sp³-hybridized carbons (Fsp3) is 0.182. The third-order valence-electron chi connectivity index (χ3n) is 7.63. The lowest BCUT2D eigenvalue weighted by Gasteiger charge is -2.37. The van der Waals surface area contributed by atoms with Crippen LogP contribution in [0.25, 0.3) is 0 Å². The molecule has 1 aliphatic heterocycles. The first kappa shape index (κ1) is 26.0. The SMILES string of the molecule is Cc1ccc2c(c1)[C@@H]1C=CC[C@H]1[C@H](c1ccc(N=Cc3ccc(OCc4ccc([N+](=O)[O-])cc4)c(Br)c3)cc1)N2. The van der Waals surface area contributed by atoms with Gasteiger partial charge < -0.3 is 10.1 Å². The molecular formula is C33H28BrN3O3. The standard InChI is InChI=1S/C33H28BrN3O3/c1-21-5-15-31-29(17-21)27-3-2-4-28(27)33(36-31)24-9-11-25(12-10-24)35-19-23-8-16-32(30(34)18-23)40-20-22-6-13-26(14-7-22)37(38)39/h2-3,5-19,27-28,33,36H,4,20H2,1H3/t27-,28-,33+/m1/s1. The van der Waals surface area contributed by atoms with Crippen LogP contribution in [0, 0.1) is 23.0 Å². The molecule has 3 atom stereocenters. The van der Waals surface area contributed by atoms with Crippen LogP contribution in [0.3, 0.4) is 0 Å². The molecule has 0 fully saturated rings. The number of ether oxygens (including phenoxy) is 1. The largest absolute Gasteiger partial charge is 0.488 e. The van der Waals surface area contributed by atoms with Crippen molar-refractivity contribution in [3.05, 3.63) is 139 Å². The fourth-order valence-corrected chi connectivity index (χ4v) is 6.06. The Morgan fingerprint density at radius 2 is 1.85 bits per heavy atom. The number of aliphatic imine (C=N–C) groups is 1. The summed E-state index contributed by atoms with van der Waals surface area (Å²) in [4.78, 5) is 15.1. The van der Waals surface area contributed by atoms with Gasteiger partial charge in [-0.15, -0.1) is 0 Å². The molecule has 4 aromatic rings. The third-order valence-corrected chi connectivity index (χ3v) is 8.25. The van der Waals surface area contributed by atoms with Crippen LogP contribution in [-0.4, -0.2) is 11.1 Å². The van der Waals surface area contributed by atoms with Gasteiger partial charge in [0, 0.05) is 30.0 Å². The van der Waals surface area contributed by atoms with Gasteiger partial charge in [0.1, 0.15) is 12.4 Å². The Morgan fingerprint density at radius 3 is 2.60 bits per heavy atom. The molecule has 2 aliphatic rings. The first-order valence-electron chi connectivity index (χ1n) is 13.3. The maximum atomic E-state index is 10.8. The molecule has 1 heterocycles. The van der Waals surface area contributed by atoms with Crippen LogP contribution in [0.15, 0.2) is 107 Å². The zero-order valence-electron chi connectivity index (χ0n) is 22.0. The molecule has 0 bridgehead atoms. The van der Waals surface area contributed by atoms with Gasteiger partial charge in [-0.3, -0.25) is 15.1 Å². The van der Waals surface area contributed by atoms with Gasteiger partial charge in [-0.25, -0.2) is 0 Å². The van der Waals surface area contributed by atoms with Crippen molar-refractivity contribution in [2.24, 2.45) is 10.9 Å². The highest BCUT2D eigenvalue weighted by molar-refractivity contribution is 9.10. The molecule has 1 aliphatic carbocycles. The minimum atomic E-state index is -0.411. The van der Waals surface area contributed by atoms with Crippen LogP contribution in [0.1, 0.15) is 46.2 Å². The van der Waals surface area contributed by atoms with Gasteiger partial charge in [0.05, 0.1) is 21.1 Å². The molecule has 0 saturated heterocycles. The first-order valence-corrected chi connectivity index (χ1v) is 14.1. The van der Waals surface area contributed by atoms with Gasteiger partial charge in [0.2, 0.25) is 0 Å². The topological polar surface area (TPSA) is 76.8 Å². The summed E-state index contributed by atoms with van der Waals surface area (Å²) in [5, 5.41) is 14.6. The number of hydrogen-bond acceptors (Lipinski definition) is 5. The number of allylic oxidation sites excluding steroid dienone is 2. The number of nitro benzene ring substituents is 1. The predicted octanol–water partition coefficient (Wildman–Crippen LogP) is 8.82. The number of halogens is 1. The van der Waals surface area contributed by atoms with E-state index in [0.29, 0.717) is 24.2 Å². The number of nitro groups is 1. The Balaban J connectivity index is 1.10. The first-order chi connectivity index (χ1) is 19.4. The molecule has 0 saturated carbocycles. The lowest BCUT2D eigenvalue weighted by molar-refractivity contribution is -0.384. The molecule has 1 N–H and O–H groups in total. The van der Waals surface area contributed by atoms with Gasteiger partial charge in [-0.05, 0) is 106 Å². The summed E-state index contributed by atoms with van der Waals surface area (Å²) in [5.74, 6) is 1.66. The number of nitrogens with zero attached hydrogens (tertiary/aromatic N) is 2. The van der Waals surface area contributed by atoms with Crippen LogP contribution in [0.4, 0.5) is 17.1 Å². The van der Waals surface area contributed by atoms with Crippen LogP contribution in [0.2, 0.25) is 0 Å². The highest BCUT2D eigenvalue weighted by atomic mass is 79.9. The normalized spacial score (nSPS) is 19.2. The van der Waals surface area contributed by atoms with E-state index in [-0.39, 0.29) is 11.7 Å². The maximum absolute atomic E-state index is 10.8. The average Bonchev–Trinajstić information content (AvgIpc) is 3.46. The van der Waals surface area contributed by atoms with Crippen molar-refractivity contribution in [1.82, 2.24) is 0 Å². The average molecular weight is 595 g/mol. The minimum Gasteiger partial charge on any atom is -0.488 e. The van der Waals surface area contributed by atoms with E-state index in [1.807, 2.05) is 24.4 Å². The van der Waals surface area contributed by atoms with Crippen molar-refractivity contribution in [3.63, 3.8) is 0 Å². The lowest BCUT2D eigenvalue weighted by atomic mass is 9.76. The van der Waals surface area contributed by atoms with E-state index in [9.17, 15) is 10.1 Å². The molecule has 0 radical (unpaired) electrons. The Labute approximate surface area is 241 Å². The molecule has 7 heteroatoms. The fourth-order valence-electron chi connectivity index (χ4n) is 5.55. The van der Waals surface area contributed by atoms with Crippen molar-refractivity contribution in [2.45, 2.75) is 31.9 Å². The molecule has 4 aromatic carbocycles. The monoisotopic (exact) mass is 593 g/mol. The van der Waals surface area contributed by atoms with Crippen LogP contribution in [-0.2, 0) is 6.61 Å². The number of aryl methyl sites for hydroxylation is 1.